The number of allylic oxidation sites excluding steroid dienone is 1. The van der Waals surface area contributed by atoms with Gasteiger partial charge >= 0.3 is 5.97 Å². The second-order valence-electron chi connectivity index (χ2n) is 10.4. The van der Waals surface area contributed by atoms with E-state index in [2.05, 4.69) is 15.9 Å². The van der Waals surface area contributed by atoms with Gasteiger partial charge in [-0.3, -0.25) is 14.4 Å². The molecule has 0 spiro atoms. The summed E-state index contributed by atoms with van der Waals surface area (Å²) in [5, 5.41) is 1.91. The summed E-state index contributed by atoms with van der Waals surface area (Å²) in [5.74, 6) is -2.74. The van der Waals surface area contributed by atoms with Crippen LogP contribution < -0.4 is 19.1 Å². The Morgan fingerprint density at radius 2 is 1.57 bits per heavy atom. The minimum Gasteiger partial charge on any atom is -0.454 e. The third kappa shape index (κ3) is 3.26. The van der Waals surface area contributed by atoms with Gasteiger partial charge in [-0.25, -0.2) is 4.90 Å². The van der Waals surface area contributed by atoms with Crippen LogP contribution in [-0.2, 0) is 14.4 Å². The zero-order valence-electron chi connectivity index (χ0n) is 20.9. The highest BCUT2D eigenvalue weighted by atomic mass is 79.9. The predicted octanol–water partition coefficient (Wildman–Crippen LogP) is 5.85. The van der Waals surface area contributed by atoms with Crippen molar-refractivity contribution in [3.63, 3.8) is 0 Å². The Morgan fingerprint density at radius 3 is 2.45 bits per heavy atom. The molecule has 4 aromatic rings. The molecule has 7 nitrogen and oxygen atoms in total. The molecule has 3 heterocycles. The lowest BCUT2D eigenvalue weighted by Gasteiger charge is -2.38. The van der Waals surface area contributed by atoms with E-state index in [1.54, 1.807) is 24.3 Å². The molecule has 8 heteroatoms. The van der Waals surface area contributed by atoms with Crippen molar-refractivity contribution >= 4 is 55.7 Å². The average Bonchev–Trinajstić information content (AvgIpc) is 3.54. The van der Waals surface area contributed by atoms with Gasteiger partial charge in [0, 0.05) is 16.0 Å². The Kier molecular flexibility index (Phi) is 5.00. The number of fused-ring (bicyclic) bond motifs is 8. The molecule has 196 valence electrons. The van der Waals surface area contributed by atoms with E-state index in [1.165, 1.54) is 4.90 Å². The number of esters is 1. The molecule has 8 rings (SSSR count). The average molecular weight is 594 g/mol. The van der Waals surface area contributed by atoms with E-state index in [0.717, 1.165) is 26.4 Å². The zero-order valence-corrected chi connectivity index (χ0v) is 22.5. The Hall–Kier alpha value is -4.43. The van der Waals surface area contributed by atoms with Gasteiger partial charge in [-0.15, -0.1) is 0 Å². The molecule has 0 N–H and O–H groups in total. The number of hydrogen-bond acceptors (Lipinski definition) is 6. The molecule has 1 aliphatic carbocycles. The molecule has 4 atom stereocenters. The second-order valence-corrected chi connectivity index (χ2v) is 11.3. The summed E-state index contributed by atoms with van der Waals surface area (Å²) in [5.41, 5.74) is 2.76. The lowest BCUT2D eigenvalue weighted by Crippen LogP contribution is -2.42. The highest BCUT2D eigenvalue weighted by Gasteiger charge is 2.60. The van der Waals surface area contributed by atoms with E-state index < -0.39 is 35.5 Å². The number of rotatable bonds is 2. The van der Waals surface area contributed by atoms with Gasteiger partial charge < -0.3 is 14.2 Å². The minimum absolute atomic E-state index is 0.123. The summed E-state index contributed by atoms with van der Waals surface area (Å²) < 4.78 is 17.8. The molecule has 0 bridgehead atoms. The lowest BCUT2D eigenvalue weighted by atomic mass is 9.64. The van der Waals surface area contributed by atoms with Crippen molar-refractivity contribution in [2.45, 2.75) is 5.92 Å². The number of ether oxygens (including phenoxy) is 3. The van der Waals surface area contributed by atoms with Crippen LogP contribution in [0.15, 0.2) is 89.4 Å². The van der Waals surface area contributed by atoms with Gasteiger partial charge in [-0.1, -0.05) is 64.5 Å². The summed E-state index contributed by atoms with van der Waals surface area (Å²) >= 11 is 3.45. The fraction of sp³-hybridized carbons (Fsp3) is 0.156. The van der Waals surface area contributed by atoms with Gasteiger partial charge in [0.05, 0.1) is 23.4 Å². The van der Waals surface area contributed by atoms with E-state index in [-0.39, 0.29) is 12.7 Å². The molecular weight excluding hydrogens is 574 g/mol. The summed E-state index contributed by atoms with van der Waals surface area (Å²) in [6.07, 6.45) is 1.99. The maximum atomic E-state index is 14.2. The quantitative estimate of drug-likeness (QED) is 0.165. The molecular formula is C32H20BrNO6. The van der Waals surface area contributed by atoms with E-state index in [9.17, 15) is 14.4 Å². The Balaban J connectivity index is 1.37. The molecule has 0 saturated carbocycles. The maximum absolute atomic E-state index is 14.2. The van der Waals surface area contributed by atoms with Gasteiger partial charge in [0.25, 0.3) is 0 Å². The van der Waals surface area contributed by atoms with Crippen LogP contribution in [0.1, 0.15) is 17.0 Å². The molecule has 1 fully saturated rings. The summed E-state index contributed by atoms with van der Waals surface area (Å²) in [7, 11) is 0. The first-order chi connectivity index (χ1) is 19.5. The van der Waals surface area contributed by atoms with Crippen LogP contribution >= 0.6 is 15.9 Å². The molecule has 4 aromatic carbocycles. The summed E-state index contributed by atoms with van der Waals surface area (Å²) in [6.45, 7) is 0.123. The van der Waals surface area contributed by atoms with Gasteiger partial charge in [0.2, 0.25) is 18.6 Å². The van der Waals surface area contributed by atoms with Crippen molar-refractivity contribution in [2.24, 2.45) is 17.8 Å². The molecule has 0 radical (unpaired) electrons. The molecule has 4 aliphatic rings. The van der Waals surface area contributed by atoms with Crippen molar-refractivity contribution < 1.29 is 28.6 Å². The number of imide groups is 1. The monoisotopic (exact) mass is 593 g/mol. The van der Waals surface area contributed by atoms with Crippen LogP contribution in [-0.4, -0.2) is 24.6 Å². The van der Waals surface area contributed by atoms with Crippen molar-refractivity contribution in [3.8, 4) is 17.2 Å². The Bertz CT molecular complexity index is 1830. The van der Waals surface area contributed by atoms with Crippen LogP contribution in [0.5, 0.6) is 17.2 Å². The number of nitrogens with zero attached hydrogens (tertiary/aromatic N) is 1. The molecule has 0 unspecified atom stereocenters. The van der Waals surface area contributed by atoms with Crippen LogP contribution in [0.4, 0.5) is 5.69 Å². The van der Waals surface area contributed by atoms with Crippen LogP contribution in [0.25, 0.3) is 16.3 Å². The second kappa shape index (κ2) is 8.53. The highest BCUT2D eigenvalue weighted by molar-refractivity contribution is 9.10. The Labute approximate surface area is 237 Å². The van der Waals surface area contributed by atoms with Crippen LogP contribution in [0.2, 0.25) is 0 Å². The van der Waals surface area contributed by atoms with Crippen molar-refractivity contribution in [3.05, 3.63) is 101 Å². The van der Waals surface area contributed by atoms with Gasteiger partial charge in [-0.05, 0) is 58.3 Å². The van der Waals surface area contributed by atoms with Crippen molar-refractivity contribution in [1.82, 2.24) is 0 Å². The fourth-order valence-corrected chi connectivity index (χ4v) is 7.03. The smallest absolute Gasteiger partial charge is 0.319 e. The predicted molar refractivity (Wildman–Crippen MR) is 150 cm³/mol. The van der Waals surface area contributed by atoms with Gasteiger partial charge in [0.1, 0.15) is 5.75 Å². The van der Waals surface area contributed by atoms with E-state index in [4.69, 9.17) is 14.2 Å². The fourth-order valence-electron chi connectivity index (χ4n) is 6.65. The normalized spacial score (nSPS) is 24.4. The number of amides is 2. The van der Waals surface area contributed by atoms with E-state index in [1.807, 2.05) is 60.7 Å². The largest absolute Gasteiger partial charge is 0.454 e. The SMILES string of the molecule is O=C1Oc2ccc3ccccc3c2C2=C[C@H](c3ccc4c(c3)OCO4)[C@@H]3C(=O)N(c4cccc(Br)c4)C(=O)[C@H]3[C@H]12. The number of benzene rings is 4. The zero-order chi connectivity index (χ0) is 27.1. The minimum atomic E-state index is -0.929. The highest BCUT2D eigenvalue weighted by Crippen LogP contribution is 2.56. The standard InChI is InChI=1S/C32H20BrNO6/c33-18-5-3-6-19(13-18)34-30(35)27-21(17-9-10-23-25(12-17)39-15-38-23)14-22-26-20-7-2-1-4-16(20)8-11-24(26)40-32(37)28(22)29(27)31(34)36/h1-14,21,27-29H,15H2/t21-,27+,28-,29-/m1/s1. The number of hydrogen-bond donors (Lipinski definition) is 0. The van der Waals surface area contributed by atoms with E-state index >= 15 is 0 Å². The van der Waals surface area contributed by atoms with Crippen LogP contribution in [0, 0.1) is 17.8 Å². The molecule has 0 aromatic heterocycles. The van der Waals surface area contributed by atoms with Gasteiger partial charge in [-0.2, -0.15) is 0 Å². The number of halogens is 1. The molecule has 3 aliphatic heterocycles. The number of carbonyl (C=O) groups excluding carboxylic acids is 3. The number of carbonyl (C=O) groups is 3. The first kappa shape index (κ1) is 23.5. The van der Waals surface area contributed by atoms with Crippen LogP contribution in [0.3, 0.4) is 0 Å². The van der Waals surface area contributed by atoms with E-state index in [0.29, 0.717) is 28.5 Å². The molecule has 40 heavy (non-hydrogen) atoms. The first-order valence-corrected chi connectivity index (χ1v) is 13.8. The molecule has 2 amide bonds. The summed E-state index contributed by atoms with van der Waals surface area (Å²) in [6, 6.07) is 24.3. The first-order valence-electron chi connectivity index (χ1n) is 13.0. The topological polar surface area (TPSA) is 82.1 Å². The summed E-state index contributed by atoms with van der Waals surface area (Å²) in [4.78, 5) is 43.2. The van der Waals surface area contributed by atoms with Crippen molar-refractivity contribution in [1.29, 1.82) is 0 Å². The number of anilines is 1. The third-order valence-electron chi connectivity index (χ3n) is 8.33. The molecule has 1 saturated heterocycles. The maximum Gasteiger partial charge on any atom is 0.319 e. The Morgan fingerprint density at radius 1 is 0.775 bits per heavy atom. The third-order valence-corrected chi connectivity index (χ3v) is 8.82. The lowest BCUT2D eigenvalue weighted by molar-refractivity contribution is -0.142. The van der Waals surface area contributed by atoms with Gasteiger partial charge in [0.15, 0.2) is 11.5 Å². The van der Waals surface area contributed by atoms with Crippen molar-refractivity contribution in [2.75, 3.05) is 11.7 Å².